The van der Waals surface area contributed by atoms with Crippen LogP contribution in [0.1, 0.15) is 53.9 Å². The first-order chi connectivity index (χ1) is 17.2. The van der Waals surface area contributed by atoms with E-state index in [1.165, 1.54) is 0 Å². The van der Waals surface area contributed by atoms with Gasteiger partial charge in [-0.1, -0.05) is 6.92 Å². The lowest BCUT2D eigenvalue weighted by molar-refractivity contribution is -0.155. The average Bonchev–Trinajstić information content (AvgIpc) is 3.43. The molecule has 2 bridgehead atoms. The Bertz CT molecular complexity index is 996. The number of fused-ring (bicyclic) bond motifs is 1. The molecule has 0 radical (unpaired) electrons. The van der Waals surface area contributed by atoms with Crippen LogP contribution in [0.25, 0.3) is 0 Å². The van der Waals surface area contributed by atoms with Crippen LogP contribution in [0.15, 0.2) is 24.3 Å². The van der Waals surface area contributed by atoms with Crippen molar-refractivity contribution < 1.29 is 24.2 Å². The largest absolute Gasteiger partial charge is 0.466 e. The van der Waals surface area contributed by atoms with Crippen molar-refractivity contribution in [1.29, 1.82) is 0 Å². The van der Waals surface area contributed by atoms with E-state index in [0.717, 1.165) is 25.2 Å². The predicted molar refractivity (Wildman–Crippen MR) is 142 cm³/mol. The topological polar surface area (TPSA) is 99.2 Å². The Hall–Kier alpha value is -2.26. The summed E-state index contributed by atoms with van der Waals surface area (Å²) in [4.78, 5) is 44.8. The van der Waals surface area contributed by atoms with Crippen molar-refractivity contribution in [3.8, 4) is 0 Å². The summed E-state index contributed by atoms with van der Waals surface area (Å²) in [6, 6.07) is 6.46. The number of anilines is 2. The van der Waals surface area contributed by atoms with E-state index in [9.17, 15) is 19.5 Å². The average molecular weight is 518 g/mol. The first kappa shape index (κ1) is 26.8. The fraction of sp³-hybridized carbons (Fsp3) is 0.667. The number of likely N-dealkylation sites (tertiary alicyclic amines) is 1. The Morgan fingerprint density at radius 1 is 1.19 bits per heavy atom. The number of hydrogen-bond acceptors (Lipinski definition) is 7. The van der Waals surface area contributed by atoms with E-state index < -0.39 is 33.4 Å². The Kier molecular flexibility index (Phi) is 7.62. The molecule has 3 aliphatic rings. The zero-order valence-electron chi connectivity index (χ0n) is 22.0. The number of benzene rings is 1. The number of aliphatic hydroxyl groups excluding tert-OH is 1. The molecule has 3 aliphatic heterocycles. The molecule has 3 heterocycles. The maximum absolute atomic E-state index is 14.0. The van der Waals surface area contributed by atoms with E-state index in [4.69, 9.17) is 4.74 Å². The van der Waals surface area contributed by atoms with Crippen LogP contribution in [0, 0.1) is 11.8 Å². The summed E-state index contributed by atoms with van der Waals surface area (Å²) in [7, 11) is 0. The van der Waals surface area contributed by atoms with E-state index in [1.807, 2.05) is 38.1 Å². The Morgan fingerprint density at radius 2 is 1.86 bits per heavy atom. The number of nitrogens with zero attached hydrogens (tertiary/aromatic N) is 2. The highest BCUT2D eigenvalue weighted by Crippen LogP contribution is 2.71. The van der Waals surface area contributed by atoms with Gasteiger partial charge in [-0.15, -0.1) is 11.8 Å². The smallest absolute Gasteiger partial charge is 0.311 e. The number of esters is 1. The molecule has 2 amide bonds. The minimum Gasteiger partial charge on any atom is -0.466 e. The van der Waals surface area contributed by atoms with Gasteiger partial charge in [0.1, 0.15) is 6.04 Å². The lowest BCUT2D eigenvalue weighted by Gasteiger charge is -2.36. The molecule has 0 saturated carbocycles. The van der Waals surface area contributed by atoms with Crippen molar-refractivity contribution in [3.63, 3.8) is 0 Å². The Labute approximate surface area is 218 Å². The van der Waals surface area contributed by atoms with Crippen molar-refractivity contribution in [3.05, 3.63) is 24.3 Å². The first-order valence-electron chi connectivity index (χ1n) is 13.2. The van der Waals surface area contributed by atoms with Gasteiger partial charge in [0.05, 0.1) is 35.8 Å². The minimum absolute atomic E-state index is 0.220. The fourth-order valence-electron chi connectivity index (χ4n) is 6.61. The second-order valence-corrected chi connectivity index (χ2v) is 12.1. The summed E-state index contributed by atoms with van der Waals surface area (Å²) in [6.07, 6.45) is 1.91. The standard InChI is InChI=1S/C27H39N3O5S/c1-6-18(16-31)30-22(23(32)28-17-10-12-19(13-11-17)29(7-2)8-3)27-15-14-26(5,36-27)21(20(27)24(30)33)25(34)35-9-4/h10-13,18,20-22,31H,6-9,14-16H2,1-5H3,(H,28,32)/t18-,20-,21+,22?,26-,27?/m0/s1. The Balaban J connectivity index is 1.69. The monoisotopic (exact) mass is 517 g/mol. The molecule has 6 atom stereocenters. The van der Waals surface area contributed by atoms with E-state index >= 15 is 0 Å². The van der Waals surface area contributed by atoms with Crippen molar-refractivity contribution in [2.75, 3.05) is 36.5 Å². The summed E-state index contributed by atoms with van der Waals surface area (Å²) in [6.45, 7) is 11.7. The van der Waals surface area contributed by atoms with Gasteiger partial charge >= 0.3 is 5.97 Å². The number of rotatable bonds is 10. The van der Waals surface area contributed by atoms with Gasteiger partial charge in [-0.2, -0.15) is 0 Å². The van der Waals surface area contributed by atoms with Crippen molar-refractivity contribution >= 4 is 40.9 Å². The van der Waals surface area contributed by atoms with Crippen LogP contribution in [-0.4, -0.2) is 75.7 Å². The highest BCUT2D eigenvalue weighted by atomic mass is 32.2. The van der Waals surface area contributed by atoms with Gasteiger partial charge in [0.15, 0.2) is 0 Å². The van der Waals surface area contributed by atoms with E-state index in [2.05, 4.69) is 24.1 Å². The van der Waals surface area contributed by atoms with Crippen LogP contribution >= 0.6 is 11.8 Å². The van der Waals surface area contributed by atoms with Crippen LogP contribution in [-0.2, 0) is 19.1 Å². The van der Waals surface area contributed by atoms with Crippen LogP contribution in [0.3, 0.4) is 0 Å². The number of carbonyl (C=O) groups is 3. The van der Waals surface area contributed by atoms with E-state index in [0.29, 0.717) is 18.5 Å². The molecule has 3 saturated heterocycles. The zero-order chi connectivity index (χ0) is 26.3. The number of amides is 2. The molecule has 4 rings (SSSR count). The lowest BCUT2D eigenvalue weighted by Crippen LogP contribution is -2.54. The second kappa shape index (κ2) is 10.2. The van der Waals surface area contributed by atoms with Gasteiger partial charge in [-0.05, 0) is 71.2 Å². The number of carbonyl (C=O) groups excluding carboxylic acids is 3. The van der Waals surface area contributed by atoms with Gasteiger partial charge in [-0.3, -0.25) is 14.4 Å². The molecule has 9 heteroatoms. The molecular weight excluding hydrogens is 478 g/mol. The minimum atomic E-state index is -0.777. The van der Waals surface area contributed by atoms with Gasteiger partial charge in [0.25, 0.3) is 0 Å². The molecule has 2 N–H and O–H groups in total. The summed E-state index contributed by atoms with van der Waals surface area (Å²) in [5.41, 5.74) is 1.74. The van der Waals surface area contributed by atoms with Crippen LogP contribution in [0.2, 0.25) is 0 Å². The third kappa shape index (κ3) is 4.08. The molecule has 198 valence electrons. The van der Waals surface area contributed by atoms with Crippen LogP contribution in [0.5, 0.6) is 0 Å². The fourth-order valence-corrected chi connectivity index (χ4v) is 8.95. The highest BCUT2D eigenvalue weighted by molar-refractivity contribution is 8.02. The number of ether oxygens (including phenoxy) is 1. The summed E-state index contributed by atoms with van der Waals surface area (Å²) in [5.74, 6) is -2.09. The van der Waals surface area contributed by atoms with Gasteiger partial charge < -0.3 is 25.0 Å². The molecule has 2 unspecified atom stereocenters. The second-order valence-electron chi connectivity index (χ2n) is 10.2. The summed E-state index contributed by atoms with van der Waals surface area (Å²) < 4.78 is 4.23. The molecule has 36 heavy (non-hydrogen) atoms. The molecular formula is C27H39N3O5S. The van der Waals surface area contributed by atoms with E-state index in [1.54, 1.807) is 23.6 Å². The molecule has 1 aromatic carbocycles. The summed E-state index contributed by atoms with van der Waals surface area (Å²) >= 11 is 1.61. The normalized spacial score (nSPS) is 31.3. The number of aliphatic hydroxyl groups is 1. The number of hydrogen-bond donors (Lipinski definition) is 2. The van der Waals surface area contributed by atoms with Gasteiger partial charge in [-0.25, -0.2) is 0 Å². The third-order valence-electron chi connectivity index (χ3n) is 8.34. The number of thioether (sulfide) groups is 1. The van der Waals surface area contributed by atoms with Crippen molar-refractivity contribution in [1.82, 2.24) is 4.90 Å². The third-order valence-corrected chi connectivity index (χ3v) is 10.3. The van der Waals surface area contributed by atoms with Gasteiger partial charge in [0.2, 0.25) is 11.8 Å². The molecule has 0 aliphatic carbocycles. The van der Waals surface area contributed by atoms with Crippen LogP contribution < -0.4 is 10.2 Å². The maximum Gasteiger partial charge on any atom is 0.311 e. The predicted octanol–water partition coefficient (Wildman–Crippen LogP) is 3.29. The van der Waals surface area contributed by atoms with E-state index in [-0.39, 0.29) is 31.0 Å². The van der Waals surface area contributed by atoms with Crippen molar-refractivity contribution in [2.45, 2.75) is 75.5 Å². The van der Waals surface area contributed by atoms with Crippen molar-refractivity contribution in [2.24, 2.45) is 11.8 Å². The molecule has 3 fully saturated rings. The molecule has 0 aromatic heterocycles. The maximum atomic E-state index is 14.0. The quantitative estimate of drug-likeness (QED) is 0.460. The molecule has 1 aromatic rings. The molecule has 8 nitrogen and oxygen atoms in total. The number of nitrogens with one attached hydrogen (secondary N) is 1. The highest BCUT2D eigenvalue weighted by Gasteiger charge is 2.77. The lowest BCUT2D eigenvalue weighted by atomic mass is 9.66. The van der Waals surface area contributed by atoms with Crippen LogP contribution in [0.4, 0.5) is 11.4 Å². The van der Waals surface area contributed by atoms with Gasteiger partial charge in [0, 0.05) is 29.2 Å². The Morgan fingerprint density at radius 3 is 2.42 bits per heavy atom. The first-order valence-corrected chi connectivity index (χ1v) is 14.0. The summed E-state index contributed by atoms with van der Waals surface area (Å²) in [5, 5.41) is 13.2. The SMILES string of the molecule is CCOC(=O)[C@H]1[C@H]2C(=O)N([C@@H](CC)CO)C(C(=O)Nc3ccc(N(CC)CC)cc3)C23CC[C@]1(C)S3. The molecule has 1 spiro atoms. The zero-order valence-corrected chi connectivity index (χ0v) is 22.8.